The third kappa shape index (κ3) is 3.54. The summed E-state index contributed by atoms with van der Waals surface area (Å²) in [6.07, 6.45) is 2.72. The van der Waals surface area contributed by atoms with E-state index in [1.807, 2.05) is 18.2 Å². The fraction of sp³-hybridized carbons (Fsp3) is 0.500. The maximum absolute atomic E-state index is 13.0. The molecule has 0 radical (unpaired) electrons. The molecule has 2 bridgehead atoms. The van der Waals surface area contributed by atoms with Crippen LogP contribution in [0.1, 0.15) is 37.7 Å². The molecule has 1 unspecified atom stereocenters. The first-order valence-electron chi connectivity index (χ1n) is 8.78. The van der Waals surface area contributed by atoms with Gasteiger partial charge in [-0.05, 0) is 38.2 Å². The number of halogens is 1. The SMILES string of the molecule is NC(=O)NCCCC(N)C1=N[C@@]2(c3ccccc3Cl)CCC[C@@H](O1)C2=O. The number of urea groups is 1. The van der Waals surface area contributed by atoms with Gasteiger partial charge in [0.2, 0.25) is 11.7 Å². The van der Waals surface area contributed by atoms with Gasteiger partial charge in [0.25, 0.3) is 0 Å². The molecular formula is C18H23ClN4O3. The van der Waals surface area contributed by atoms with Gasteiger partial charge in [0.1, 0.15) is 0 Å². The lowest BCUT2D eigenvalue weighted by atomic mass is 9.73. The Labute approximate surface area is 157 Å². The molecule has 1 aromatic rings. The number of fused-ring (bicyclic) bond motifs is 2. The van der Waals surface area contributed by atoms with Crippen molar-refractivity contribution < 1.29 is 14.3 Å². The van der Waals surface area contributed by atoms with Crippen LogP contribution in [0.3, 0.4) is 0 Å². The summed E-state index contributed by atoms with van der Waals surface area (Å²) in [5.41, 5.74) is 11.0. The summed E-state index contributed by atoms with van der Waals surface area (Å²) in [7, 11) is 0. The van der Waals surface area contributed by atoms with E-state index in [4.69, 9.17) is 27.8 Å². The van der Waals surface area contributed by atoms with Gasteiger partial charge in [0, 0.05) is 17.1 Å². The van der Waals surface area contributed by atoms with Gasteiger partial charge in [-0.2, -0.15) is 0 Å². The van der Waals surface area contributed by atoms with Gasteiger partial charge >= 0.3 is 6.03 Å². The average molecular weight is 379 g/mol. The Morgan fingerprint density at radius 3 is 2.96 bits per heavy atom. The quantitative estimate of drug-likeness (QED) is 0.654. The number of rotatable bonds is 6. The third-order valence-corrected chi connectivity index (χ3v) is 5.23. The maximum Gasteiger partial charge on any atom is 0.312 e. The Hall–Kier alpha value is -2.12. The van der Waals surface area contributed by atoms with Crippen molar-refractivity contribution in [2.24, 2.45) is 16.5 Å². The van der Waals surface area contributed by atoms with Crippen LogP contribution in [-0.4, -0.2) is 36.4 Å². The lowest BCUT2D eigenvalue weighted by Crippen LogP contribution is -2.54. The summed E-state index contributed by atoms with van der Waals surface area (Å²) in [4.78, 5) is 28.4. The van der Waals surface area contributed by atoms with Crippen molar-refractivity contribution in [3.8, 4) is 0 Å². The highest BCUT2D eigenvalue weighted by atomic mass is 35.5. The number of hydrogen-bond acceptors (Lipinski definition) is 5. The first kappa shape index (κ1) is 18.7. The van der Waals surface area contributed by atoms with Crippen LogP contribution in [0.2, 0.25) is 5.02 Å². The van der Waals surface area contributed by atoms with E-state index in [-0.39, 0.29) is 5.78 Å². The Morgan fingerprint density at radius 2 is 2.23 bits per heavy atom. The van der Waals surface area contributed by atoms with Crippen molar-refractivity contribution in [1.82, 2.24) is 5.32 Å². The minimum absolute atomic E-state index is 0.0526. The van der Waals surface area contributed by atoms with Gasteiger partial charge in [0.15, 0.2) is 11.6 Å². The molecule has 2 amide bonds. The number of nitrogens with two attached hydrogens (primary N) is 2. The van der Waals surface area contributed by atoms with E-state index in [1.54, 1.807) is 6.07 Å². The number of ether oxygens (including phenoxy) is 1. The number of primary amides is 1. The molecule has 1 aliphatic carbocycles. The Morgan fingerprint density at radius 1 is 1.46 bits per heavy atom. The largest absolute Gasteiger partial charge is 0.468 e. The second-order valence-electron chi connectivity index (χ2n) is 6.69. The van der Waals surface area contributed by atoms with E-state index in [2.05, 4.69) is 10.3 Å². The lowest BCUT2D eigenvalue weighted by molar-refractivity contribution is -0.137. The highest BCUT2D eigenvalue weighted by Crippen LogP contribution is 2.44. The smallest absolute Gasteiger partial charge is 0.312 e. The molecule has 1 fully saturated rings. The third-order valence-electron chi connectivity index (χ3n) is 4.90. The van der Waals surface area contributed by atoms with Crippen LogP contribution >= 0.6 is 11.6 Å². The lowest BCUT2D eigenvalue weighted by Gasteiger charge is -2.42. The number of benzene rings is 1. The zero-order chi connectivity index (χ0) is 18.7. The van der Waals surface area contributed by atoms with Gasteiger partial charge in [0.05, 0.1) is 6.04 Å². The molecule has 8 heteroatoms. The molecule has 1 heterocycles. The molecule has 3 rings (SSSR count). The number of nitrogens with one attached hydrogen (secondary N) is 1. The number of aliphatic imine (C=N–C) groups is 1. The van der Waals surface area contributed by atoms with Crippen LogP contribution in [0.15, 0.2) is 29.3 Å². The second-order valence-corrected chi connectivity index (χ2v) is 7.10. The molecule has 0 spiro atoms. The first-order valence-corrected chi connectivity index (χ1v) is 9.16. The minimum Gasteiger partial charge on any atom is -0.468 e. The summed E-state index contributed by atoms with van der Waals surface area (Å²) in [5, 5.41) is 3.04. The summed E-state index contributed by atoms with van der Waals surface area (Å²) >= 11 is 6.38. The molecule has 26 heavy (non-hydrogen) atoms. The highest BCUT2D eigenvalue weighted by Gasteiger charge is 2.52. The molecule has 1 saturated carbocycles. The van der Waals surface area contributed by atoms with Gasteiger partial charge in [-0.1, -0.05) is 29.8 Å². The summed E-state index contributed by atoms with van der Waals surface area (Å²) < 4.78 is 5.82. The topological polar surface area (TPSA) is 120 Å². The fourth-order valence-corrected chi connectivity index (χ4v) is 3.89. The van der Waals surface area contributed by atoms with Crippen LogP contribution in [-0.2, 0) is 15.1 Å². The van der Waals surface area contributed by atoms with Crippen LogP contribution < -0.4 is 16.8 Å². The first-order chi connectivity index (χ1) is 12.4. The van der Waals surface area contributed by atoms with Crippen LogP contribution in [0.4, 0.5) is 4.79 Å². The Kier molecular flexibility index (Phi) is 5.48. The van der Waals surface area contributed by atoms with Crippen molar-refractivity contribution in [3.63, 3.8) is 0 Å². The van der Waals surface area contributed by atoms with E-state index < -0.39 is 23.7 Å². The molecule has 3 atom stereocenters. The monoisotopic (exact) mass is 378 g/mol. The number of hydrogen-bond donors (Lipinski definition) is 3. The van der Waals surface area contributed by atoms with Crippen molar-refractivity contribution >= 4 is 29.3 Å². The highest BCUT2D eigenvalue weighted by molar-refractivity contribution is 6.32. The van der Waals surface area contributed by atoms with Crippen LogP contribution in [0, 0.1) is 0 Å². The van der Waals surface area contributed by atoms with Gasteiger partial charge in [-0.15, -0.1) is 0 Å². The van der Waals surface area contributed by atoms with E-state index >= 15 is 0 Å². The van der Waals surface area contributed by atoms with Crippen molar-refractivity contribution in [2.45, 2.75) is 49.8 Å². The Balaban J connectivity index is 1.85. The van der Waals surface area contributed by atoms with Crippen molar-refractivity contribution in [3.05, 3.63) is 34.9 Å². The fourth-order valence-electron chi connectivity index (χ4n) is 3.60. The Bertz CT molecular complexity index is 739. The molecule has 1 aliphatic heterocycles. The molecule has 140 valence electrons. The molecule has 0 aromatic heterocycles. The van der Waals surface area contributed by atoms with Gasteiger partial charge < -0.3 is 21.5 Å². The van der Waals surface area contributed by atoms with Crippen molar-refractivity contribution in [1.29, 1.82) is 0 Å². The molecule has 0 saturated heterocycles. The summed E-state index contributed by atoms with van der Waals surface area (Å²) in [5.74, 6) is 0.330. The van der Waals surface area contributed by atoms with Crippen molar-refractivity contribution in [2.75, 3.05) is 6.54 Å². The number of nitrogens with zero attached hydrogens (tertiary/aromatic N) is 1. The predicted molar refractivity (Wildman–Crippen MR) is 99.1 cm³/mol. The second kappa shape index (κ2) is 7.63. The standard InChI is InChI=1S/C18H23ClN4O3/c19-12-6-2-1-5-11(12)18-9-3-8-14(15(18)24)26-16(23-18)13(20)7-4-10-22-17(21)25/h1-2,5-6,13-14H,3-4,7-10,20H2,(H3,21,22,25)/t13?,14-,18-/m1/s1. The molecule has 7 nitrogen and oxygen atoms in total. The van der Waals surface area contributed by atoms with E-state index in [1.165, 1.54) is 0 Å². The summed E-state index contributed by atoms with van der Waals surface area (Å²) in [6.45, 7) is 0.425. The van der Waals surface area contributed by atoms with Crippen LogP contribution in [0.25, 0.3) is 0 Å². The van der Waals surface area contributed by atoms with Gasteiger partial charge in [-0.25, -0.2) is 9.79 Å². The van der Waals surface area contributed by atoms with Gasteiger partial charge in [-0.3, -0.25) is 4.79 Å². The van der Waals surface area contributed by atoms with Crippen LogP contribution in [0.5, 0.6) is 0 Å². The number of Topliss-reactive ketones (excluding diaryl/α,β-unsaturated/α-hetero) is 1. The zero-order valence-electron chi connectivity index (χ0n) is 14.4. The molecule has 2 aliphatic rings. The average Bonchev–Trinajstić information content (AvgIpc) is 2.59. The maximum atomic E-state index is 13.0. The minimum atomic E-state index is -1.02. The zero-order valence-corrected chi connectivity index (χ0v) is 15.2. The molecule has 5 N–H and O–H groups in total. The summed E-state index contributed by atoms with van der Waals surface area (Å²) in [6, 6.07) is 6.27. The normalized spacial score (nSPS) is 25.8. The van der Waals surface area contributed by atoms with E-state index in [0.717, 1.165) is 6.42 Å². The predicted octanol–water partition coefficient (Wildman–Crippen LogP) is 1.86. The van der Waals surface area contributed by atoms with E-state index in [9.17, 15) is 9.59 Å². The van der Waals surface area contributed by atoms with E-state index in [0.29, 0.717) is 48.7 Å². The number of carbonyl (C=O) groups excluding carboxylic acids is 2. The number of carbonyl (C=O) groups is 2. The molecule has 1 aromatic carbocycles. The number of ketones is 1. The number of amides is 2. The molecular weight excluding hydrogens is 356 g/mol.